The van der Waals surface area contributed by atoms with E-state index in [1.54, 1.807) is 51.5 Å². The summed E-state index contributed by atoms with van der Waals surface area (Å²) < 4.78 is 22.0. The molecular formula is C26H22ClNO5. The van der Waals surface area contributed by atoms with Crippen molar-refractivity contribution in [2.24, 2.45) is 4.99 Å². The van der Waals surface area contributed by atoms with E-state index < -0.39 is 0 Å². The highest BCUT2D eigenvalue weighted by Crippen LogP contribution is 2.33. The van der Waals surface area contributed by atoms with Gasteiger partial charge in [0, 0.05) is 22.0 Å². The van der Waals surface area contributed by atoms with Gasteiger partial charge in [-0.25, -0.2) is 9.79 Å². The SMILES string of the molecule is CCOC(=O)c1ccc(N=c2cc(-c3ccc(OC)c(OC)c3)oc3ccc(Cl)cc23)cc1. The fourth-order valence-corrected chi connectivity index (χ4v) is 3.56. The summed E-state index contributed by atoms with van der Waals surface area (Å²) in [5, 5.41) is 2.01. The van der Waals surface area contributed by atoms with Crippen LogP contribution in [0.15, 0.2) is 76.1 Å². The Labute approximate surface area is 196 Å². The average molecular weight is 464 g/mol. The number of rotatable bonds is 6. The molecule has 4 rings (SSSR count). The zero-order chi connectivity index (χ0) is 23.4. The maximum atomic E-state index is 11.9. The summed E-state index contributed by atoms with van der Waals surface area (Å²) in [5.41, 5.74) is 2.58. The maximum Gasteiger partial charge on any atom is 0.338 e. The average Bonchev–Trinajstić information content (AvgIpc) is 2.84. The van der Waals surface area contributed by atoms with Gasteiger partial charge in [0.25, 0.3) is 0 Å². The van der Waals surface area contributed by atoms with Gasteiger partial charge in [-0.3, -0.25) is 0 Å². The number of carbonyl (C=O) groups is 1. The van der Waals surface area contributed by atoms with Gasteiger partial charge in [-0.15, -0.1) is 0 Å². The molecule has 1 heterocycles. The fourth-order valence-electron chi connectivity index (χ4n) is 3.39. The second-order valence-corrected chi connectivity index (χ2v) is 7.52. The Morgan fingerprint density at radius 3 is 2.39 bits per heavy atom. The van der Waals surface area contributed by atoms with Gasteiger partial charge in [0.2, 0.25) is 0 Å². The van der Waals surface area contributed by atoms with Crippen LogP contribution in [0.1, 0.15) is 17.3 Å². The maximum absolute atomic E-state index is 11.9. The largest absolute Gasteiger partial charge is 0.493 e. The normalized spacial score (nSPS) is 11.5. The highest BCUT2D eigenvalue weighted by molar-refractivity contribution is 6.31. The smallest absolute Gasteiger partial charge is 0.338 e. The van der Waals surface area contributed by atoms with E-state index in [2.05, 4.69) is 0 Å². The van der Waals surface area contributed by atoms with Crippen molar-refractivity contribution in [2.75, 3.05) is 20.8 Å². The molecule has 4 aromatic rings. The van der Waals surface area contributed by atoms with Crippen LogP contribution in [0.4, 0.5) is 5.69 Å². The van der Waals surface area contributed by atoms with Gasteiger partial charge in [-0.05, 0) is 67.6 Å². The van der Waals surface area contributed by atoms with Gasteiger partial charge in [-0.1, -0.05) is 11.6 Å². The molecule has 0 amide bonds. The van der Waals surface area contributed by atoms with Crippen LogP contribution in [-0.4, -0.2) is 26.8 Å². The molecule has 0 aliphatic carbocycles. The molecule has 0 aliphatic rings. The number of hydrogen-bond donors (Lipinski definition) is 0. The summed E-state index contributed by atoms with van der Waals surface area (Å²) in [4.78, 5) is 16.7. The van der Waals surface area contributed by atoms with Gasteiger partial charge in [0.15, 0.2) is 11.5 Å². The van der Waals surface area contributed by atoms with E-state index >= 15 is 0 Å². The van der Waals surface area contributed by atoms with Crippen LogP contribution in [0, 0.1) is 0 Å². The van der Waals surface area contributed by atoms with E-state index in [9.17, 15) is 4.79 Å². The summed E-state index contributed by atoms with van der Waals surface area (Å²) in [7, 11) is 3.17. The van der Waals surface area contributed by atoms with Crippen molar-refractivity contribution in [2.45, 2.75) is 6.92 Å². The van der Waals surface area contributed by atoms with Gasteiger partial charge in [0.1, 0.15) is 11.3 Å². The minimum Gasteiger partial charge on any atom is -0.493 e. The van der Waals surface area contributed by atoms with Crippen molar-refractivity contribution in [1.29, 1.82) is 0 Å². The Hall–Kier alpha value is -3.77. The number of carbonyl (C=O) groups excluding carboxylic acids is 1. The molecule has 0 saturated carbocycles. The van der Waals surface area contributed by atoms with Crippen molar-refractivity contribution < 1.29 is 23.4 Å². The van der Waals surface area contributed by atoms with Crippen LogP contribution in [0.25, 0.3) is 22.3 Å². The molecule has 7 heteroatoms. The molecule has 0 N–H and O–H groups in total. The van der Waals surface area contributed by atoms with Crippen LogP contribution in [0.2, 0.25) is 5.02 Å². The predicted molar refractivity (Wildman–Crippen MR) is 127 cm³/mol. The first-order valence-corrected chi connectivity index (χ1v) is 10.7. The summed E-state index contributed by atoms with van der Waals surface area (Å²) in [6.45, 7) is 2.10. The molecule has 6 nitrogen and oxygen atoms in total. The first-order valence-electron chi connectivity index (χ1n) is 10.3. The second kappa shape index (κ2) is 9.79. The molecule has 3 aromatic carbocycles. The Morgan fingerprint density at radius 1 is 0.939 bits per heavy atom. The molecule has 0 aliphatic heterocycles. The van der Waals surface area contributed by atoms with Crippen molar-refractivity contribution >= 4 is 34.2 Å². The quantitative estimate of drug-likeness (QED) is 0.319. The summed E-state index contributed by atoms with van der Waals surface area (Å²) in [6, 6.07) is 19.7. The Balaban J connectivity index is 1.85. The topological polar surface area (TPSA) is 70.3 Å². The van der Waals surface area contributed by atoms with Gasteiger partial charge >= 0.3 is 5.97 Å². The monoisotopic (exact) mass is 463 g/mol. The molecule has 0 spiro atoms. The Kier molecular flexibility index (Phi) is 6.66. The van der Waals surface area contributed by atoms with Crippen LogP contribution in [0.5, 0.6) is 11.5 Å². The number of methoxy groups -OCH3 is 2. The van der Waals surface area contributed by atoms with Crippen molar-refractivity contribution in [1.82, 2.24) is 0 Å². The lowest BCUT2D eigenvalue weighted by Crippen LogP contribution is -2.05. The molecular weight excluding hydrogens is 442 g/mol. The molecule has 0 radical (unpaired) electrons. The van der Waals surface area contributed by atoms with Crippen molar-refractivity contribution in [3.63, 3.8) is 0 Å². The standard InChI is InChI=1S/C26H22ClNO5/c1-4-32-26(29)16-5-9-19(10-6-16)28-21-15-24(33-22-12-8-18(27)14-20(21)22)17-7-11-23(30-2)25(13-17)31-3/h5-15H,4H2,1-3H3. The molecule has 0 fully saturated rings. The fraction of sp³-hybridized carbons (Fsp3) is 0.154. The number of ether oxygens (including phenoxy) is 3. The molecule has 0 atom stereocenters. The molecule has 168 valence electrons. The zero-order valence-corrected chi connectivity index (χ0v) is 19.2. The minimum atomic E-state index is -0.365. The third-order valence-corrected chi connectivity index (χ3v) is 5.24. The van der Waals surface area contributed by atoms with Crippen molar-refractivity contribution in [3.8, 4) is 22.8 Å². The molecule has 33 heavy (non-hydrogen) atoms. The first kappa shape index (κ1) is 22.4. The van der Waals surface area contributed by atoms with E-state index in [0.717, 1.165) is 10.9 Å². The van der Waals surface area contributed by atoms with Gasteiger partial charge < -0.3 is 18.6 Å². The number of benzene rings is 3. The Bertz CT molecular complexity index is 1380. The van der Waals surface area contributed by atoms with Crippen LogP contribution in [-0.2, 0) is 4.74 Å². The number of esters is 1. The molecule has 0 saturated heterocycles. The lowest BCUT2D eigenvalue weighted by Gasteiger charge is -2.10. The van der Waals surface area contributed by atoms with Crippen molar-refractivity contribution in [3.05, 3.63) is 82.7 Å². The Morgan fingerprint density at radius 2 is 1.70 bits per heavy atom. The van der Waals surface area contributed by atoms with E-state index in [-0.39, 0.29) is 5.97 Å². The molecule has 1 aromatic heterocycles. The first-order chi connectivity index (χ1) is 16.0. The van der Waals surface area contributed by atoms with Crippen LogP contribution in [0.3, 0.4) is 0 Å². The third-order valence-electron chi connectivity index (χ3n) is 5.00. The second-order valence-electron chi connectivity index (χ2n) is 7.09. The third kappa shape index (κ3) is 4.86. The number of nitrogens with zero attached hydrogens (tertiary/aromatic N) is 1. The van der Waals surface area contributed by atoms with E-state index in [1.807, 2.05) is 36.4 Å². The van der Waals surface area contributed by atoms with Gasteiger partial charge in [-0.2, -0.15) is 0 Å². The highest BCUT2D eigenvalue weighted by Gasteiger charge is 2.11. The lowest BCUT2D eigenvalue weighted by molar-refractivity contribution is 0.0526. The highest BCUT2D eigenvalue weighted by atomic mass is 35.5. The summed E-state index contributed by atoms with van der Waals surface area (Å²) >= 11 is 6.24. The zero-order valence-electron chi connectivity index (χ0n) is 18.4. The molecule has 0 bridgehead atoms. The van der Waals surface area contributed by atoms with Gasteiger partial charge in [0.05, 0.1) is 37.4 Å². The van der Waals surface area contributed by atoms with E-state index in [0.29, 0.717) is 51.1 Å². The number of fused-ring (bicyclic) bond motifs is 1. The van der Waals surface area contributed by atoms with Crippen LogP contribution < -0.4 is 14.8 Å². The summed E-state index contributed by atoms with van der Waals surface area (Å²) in [5.74, 6) is 1.46. The summed E-state index contributed by atoms with van der Waals surface area (Å²) in [6.07, 6.45) is 0. The lowest BCUT2D eigenvalue weighted by atomic mass is 10.1. The number of halogens is 1. The predicted octanol–water partition coefficient (Wildman–Crippen LogP) is 6.18. The van der Waals surface area contributed by atoms with Crippen LogP contribution >= 0.6 is 11.6 Å². The number of hydrogen-bond acceptors (Lipinski definition) is 6. The van der Waals surface area contributed by atoms with E-state index in [4.69, 9.17) is 35.2 Å². The minimum absolute atomic E-state index is 0.324. The van der Waals surface area contributed by atoms with E-state index in [1.165, 1.54) is 0 Å². The molecule has 0 unspecified atom stereocenters.